The maximum atomic E-state index is 9.63. The summed E-state index contributed by atoms with van der Waals surface area (Å²) < 4.78 is 46.2. The van der Waals surface area contributed by atoms with Gasteiger partial charge in [0.05, 0.1) is 23.6 Å². The van der Waals surface area contributed by atoms with E-state index in [1.807, 2.05) is 53.4 Å². The molecule has 2 nitrogen and oxygen atoms in total. The van der Waals surface area contributed by atoms with Crippen LogP contribution in [0.25, 0.3) is 66.8 Å². The van der Waals surface area contributed by atoms with Crippen LogP contribution in [0.3, 0.4) is 0 Å². The van der Waals surface area contributed by atoms with Crippen molar-refractivity contribution in [1.82, 2.24) is 0 Å². The molecule has 0 saturated carbocycles. The van der Waals surface area contributed by atoms with Crippen LogP contribution in [-0.2, 0) is 10.8 Å². The summed E-state index contributed by atoms with van der Waals surface area (Å²) in [7, 11) is 0. The van der Waals surface area contributed by atoms with Crippen molar-refractivity contribution in [3.63, 3.8) is 0 Å². The number of hydrogen-bond donors (Lipinski definition) is 0. The smallest absolute Gasteiger partial charge is 0.0727 e. The number of nitrogens with zero attached hydrogens (tertiary/aromatic N) is 2. The lowest BCUT2D eigenvalue weighted by atomic mass is 9.70. The van der Waals surface area contributed by atoms with E-state index in [2.05, 4.69) is 231 Å². The van der Waals surface area contributed by atoms with E-state index in [0.717, 1.165) is 95.0 Å². The molecule has 0 saturated heterocycles. The highest BCUT2D eigenvalue weighted by atomic mass is 15.2. The van der Waals surface area contributed by atoms with Crippen molar-refractivity contribution in [1.29, 1.82) is 0 Å². The molecule has 0 heterocycles. The van der Waals surface area contributed by atoms with Crippen LogP contribution in [0, 0.1) is 0 Å². The fourth-order valence-corrected chi connectivity index (χ4v) is 13.3. The molecule has 0 radical (unpaired) electrons. The van der Waals surface area contributed by atoms with Crippen molar-refractivity contribution >= 4 is 34.1 Å². The Hall–Kier alpha value is -9.76. The van der Waals surface area contributed by atoms with Gasteiger partial charge >= 0.3 is 0 Å². The van der Waals surface area contributed by atoms with Gasteiger partial charge in [0.25, 0.3) is 0 Å². The number of rotatable bonds is 9. The van der Waals surface area contributed by atoms with E-state index in [0.29, 0.717) is 11.4 Å². The second-order valence-electron chi connectivity index (χ2n) is 21.2. The van der Waals surface area contributed by atoms with Crippen LogP contribution in [0.4, 0.5) is 34.1 Å². The number of hydrogen-bond acceptors (Lipinski definition) is 2. The van der Waals surface area contributed by atoms with Gasteiger partial charge in [0, 0.05) is 39.3 Å². The summed E-state index contributed by atoms with van der Waals surface area (Å²) >= 11 is 0. The molecule has 12 aromatic carbocycles. The average Bonchev–Trinajstić information content (AvgIpc) is 1.73. The van der Waals surface area contributed by atoms with Crippen LogP contribution in [-0.4, -0.2) is 0 Å². The summed E-state index contributed by atoms with van der Waals surface area (Å²) in [5.74, 6) is 0. The van der Waals surface area contributed by atoms with E-state index in [1.54, 1.807) is 0 Å². The van der Waals surface area contributed by atoms with Gasteiger partial charge in [-0.1, -0.05) is 226 Å². The third-order valence-corrected chi connectivity index (χ3v) is 16.7. The minimum atomic E-state index is -0.939. The molecule has 1 atom stereocenters. The predicted octanol–water partition coefficient (Wildman–Crippen LogP) is 20.3. The molecule has 1 spiro atoms. The van der Waals surface area contributed by atoms with Crippen molar-refractivity contribution in [2.75, 3.05) is 9.80 Å². The second kappa shape index (κ2) is 17.9. The number of fused-ring (bicyclic) bond motifs is 13. The van der Waals surface area contributed by atoms with E-state index in [-0.39, 0.29) is 23.2 Å². The SMILES string of the molecule is [2H]c1c([2H])c([2H])c(N(c2ccccc2)c2cc3c(cc2-c2ccccc2)-c2cc(-c4ccccc4)ccc2C32c3ccccc3-c3cc(-c4ccccc4)c(N(c4ccccc4)c4ccc5c(c4)C(C)(C)c4ccccc4-5)cc32)c([2H])c1[2H]. The minimum absolute atomic E-state index is 0.0661. The zero-order chi connectivity index (χ0) is 56.3. The maximum absolute atomic E-state index is 9.63. The van der Waals surface area contributed by atoms with Crippen LogP contribution >= 0.6 is 0 Å². The van der Waals surface area contributed by atoms with Crippen molar-refractivity contribution in [2.45, 2.75) is 24.7 Å². The van der Waals surface area contributed by atoms with Gasteiger partial charge in [0.2, 0.25) is 0 Å². The van der Waals surface area contributed by atoms with Crippen LogP contribution in [0.2, 0.25) is 0 Å². The van der Waals surface area contributed by atoms with E-state index in [1.165, 1.54) is 22.3 Å². The van der Waals surface area contributed by atoms with Gasteiger partial charge < -0.3 is 9.80 Å². The van der Waals surface area contributed by atoms with Crippen LogP contribution < -0.4 is 9.80 Å². The first kappa shape index (κ1) is 40.5. The maximum Gasteiger partial charge on any atom is 0.0727 e. The van der Waals surface area contributed by atoms with E-state index in [4.69, 9.17) is 4.11 Å². The molecule has 15 rings (SSSR count). The van der Waals surface area contributed by atoms with E-state index in [9.17, 15) is 2.74 Å². The molecular weight excluding hydrogens is 941 g/mol. The molecular formula is C76H54N2. The Bertz CT molecular complexity index is 4560. The van der Waals surface area contributed by atoms with Gasteiger partial charge in [0.1, 0.15) is 0 Å². The highest BCUT2D eigenvalue weighted by Gasteiger charge is 2.53. The first-order valence-electron chi connectivity index (χ1n) is 29.3. The normalized spacial score (nSPS) is 15.6. The average molecular weight is 1000 g/mol. The quantitative estimate of drug-likeness (QED) is 0.142. The summed E-state index contributed by atoms with van der Waals surface area (Å²) in [4.78, 5) is 4.35. The van der Waals surface area contributed by atoms with Crippen LogP contribution in [0.15, 0.2) is 291 Å². The fourth-order valence-electron chi connectivity index (χ4n) is 13.3. The van der Waals surface area contributed by atoms with Crippen molar-refractivity contribution < 1.29 is 6.85 Å². The summed E-state index contributed by atoms with van der Waals surface area (Å²) in [6.45, 7) is 4.68. The van der Waals surface area contributed by atoms with Crippen molar-refractivity contribution in [2.24, 2.45) is 0 Å². The topological polar surface area (TPSA) is 6.48 Å². The molecule has 0 fully saturated rings. The molecule has 0 aromatic heterocycles. The molecule has 1 unspecified atom stereocenters. The standard InChI is InChI=1S/C76H54N2/c1-75(2)67-39-23-21-37-59(67)61-43-42-58(46-70(61)75)78(57-35-19-8-20-36-57)74-49-71-65(47-62(74)52-27-11-4-12-28-52)60-38-22-24-40-68(60)76(71)69-44-41-54(51-25-9-3-10-26-51)45-64(69)66-48-63(53-29-13-5-14-30-53)73(50-72(66)76)77(55-31-15-6-16-32-55)56-33-17-7-18-34-56/h3-50H,1-2H3/i6D,15D,16D,31D,32D. The monoisotopic (exact) mass is 999 g/mol. The number of anilines is 6. The Morgan fingerprint density at radius 3 is 1.28 bits per heavy atom. The van der Waals surface area contributed by atoms with Crippen LogP contribution in [0.5, 0.6) is 0 Å². The number of para-hydroxylation sites is 3. The zero-order valence-corrected chi connectivity index (χ0v) is 43.2. The predicted molar refractivity (Wildman–Crippen MR) is 326 cm³/mol. The molecule has 0 aliphatic heterocycles. The van der Waals surface area contributed by atoms with Gasteiger partial charge in [-0.25, -0.2) is 0 Å². The summed E-state index contributed by atoms with van der Waals surface area (Å²) in [5, 5.41) is 0. The molecule has 78 heavy (non-hydrogen) atoms. The first-order valence-corrected chi connectivity index (χ1v) is 26.8. The van der Waals surface area contributed by atoms with Crippen molar-refractivity contribution in [3.8, 4) is 66.8 Å². The highest BCUT2D eigenvalue weighted by Crippen LogP contribution is 2.66. The first-order chi connectivity index (χ1) is 40.5. The Labute approximate surface area is 464 Å². The van der Waals surface area contributed by atoms with Gasteiger partial charge in [-0.2, -0.15) is 0 Å². The number of benzene rings is 12. The van der Waals surface area contributed by atoms with Gasteiger partial charge in [-0.05, 0) is 168 Å². The Morgan fingerprint density at radius 2 is 0.705 bits per heavy atom. The fraction of sp³-hybridized carbons (Fsp3) is 0.0526. The minimum Gasteiger partial charge on any atom is -0.310 e. The lowest BCUT2D eigenvalue weighted by Gasteiger charge is -2.35. The molecule has 3 aliphatic carbocycles. The third kappa shape index (κ3) is 6.89. The second-order valence-corrected chi connectivity index (χ2v) is 21.2. The zero-order valence-electron chi connectivity index (χ0n) is 48.2. The largest absolute Gasteiger partial charge is 0.310 e. The molecule has 368 valence electrons. The van der Waals surface area contributed by atoms with Crippen LogP contribution in [0.1, 0.15) is 54.1 Å². The summed E-state index contributed by atoms with van der Waals surface area (Å²) in [6.07, 6.45) is 0. The Balaban J connectivity index is 1.08. The van der Waals surface area contributed by atoms with Crippen molar-refractivity contribution in [3.05, 3.63) is 324 Å². The molecule has 0 N–H and O–H groups in total. The molecule has 0 amide bonds. The third-order valence-electron chi connectivity index (χ3n) is 16.7. The molecule has 12 aromatic rings. The van der Waals surface area contributed by atoms with Gasteiger partial charge in [-0.15, -0.1) is 0 Å². The molecule has 0 bridgehead atoms. The van der Waals surface area contributed by atoms with Gasteiger partial charge in [0.15, 0.2) is 0 Å². The lowest BCUT2D eigenvalue weighted by molar-refractivity contribution is 0.660. The lowest BCUT2D eigenvalue weighted by Crippen LogP contribution is -2.27. The highest BCUT2D eigenvalue weighted by molar-refractivity contribution is 6.03. The summed E-state index contributed by atoms with van der Waals surface area (Å²) in [6, 6.07) is 91.3. The molecule has 3 aliphatic rings. The molecule has 2 heteroatoms. The summed E-state index contributed by atoms with van der Waals surface area (Å²) in [5.41, 5.74) is 23.3. The van der Waals surface area contributed by atoms with Gasteiger partial charge in [-0.3, -0.25) is 0 Å². The van der Waals surface area contributed by atoms with E-state index < -0.39 is 23.5 Å². The Kier molecular flexibility index (Phi) is 9.32. The van der Waals surface area contributed by atoms with E-state index >= 15 is 0 Å². The Morgan fingerprint density at radius 1 is 0.269 bits per heavy atom.